The van der Waals surface area contributed by atoms with Crippen LogP contribution in [0.25, 0.3) is 0 Å². The lowest BCUT2D eigenvalue weighted by Crippen LogP contribution is -2.15. The van der Waals surface area contributed by atoms with Crippen LogP contribution in [-0.4, -0.2) is 30.6 Å². The van der Waals surface area contributed by atoms with Gasteiger partial charge in [-0.3, -0.25) is 0 Å². The minimum Gasteiger partial charge on any atom is -0.491 e. The van der Waals surface area contributed by atoms with Gasteiger partial charge in [-0.05, 0) is 86.8 Å². The number of halogens is 2. The minimum absolute atomic E-state index is 0.0245. The Morgan fingerprint density at radius 1 is 0.609 bits per heavy atom. The van der Waals surface area contributed by atoms with Crippen LogP contribution < -0.4 is 14.2 Å². The first-order chi connectivity index (χ1) is 22.2. The lowest BCUT2D eigenvalue weighted by atomic mass is 10.1. The fraction of sp³-hybridized carbons (Fsp3) is 0.432. The zero-order chi connectivity index (χ0) is 33.3. The Kier molecular flexibility index (Phi) is 15.2. The molecule has 0 fully saturated rings. The molecule has 0 heterocycles. The van der Waals surface area contributed by atoms with Gasteiger partial charge >= 0.3 is 17.9 Å². The summed E-state index contributed by atoms with van der Waals surface area (Å²) >= 11 is 0. The van der Waals surface area contributed by atoms with Gasteiger partial charge in [-0.1, -0.05) is 65.2 Å². The van der Waals surface area contributed by atoms with Crippen LogP contribution in [0.1, 0.15) is 122 Å². The first-order valence-electron chi connectivity index (χ1n) is 16.2. The van der Waals surface area contributed by atoms with Crippen LogP contribution in [0.2, 0.25) is 0 Å². The second-order valence-corrected chi connectivity index (χ2v) is 11.3. The summed E-state index contributed by atoms with van der Waals surface area (Å²) in [5.41, 5.74) is 0.0595. The van der Waals surface area contributed by atoms with Crippen LogP contribution in [0.4, 0.5) is 8.78 Å². The lowest BCUT2D eigenvalue weighted by molar-refractivity contribution is 0.0319. The molecule has 248 valence electrons. The number of unbranched alkanes of at least 4 members (excludes halogenated alkanes) is 8. The average molecular weight is 639 g/mol. The molecule has 1 atom stereocenters. The number of hydrogen-bond acceptors (Lipinski definition) is 7. The lowest BCUT2D eigenvalue weighted by Gasteiger charge is -2.13. The molecule has 7 nitrogen and oxygen atoms in total. The molecule has 0 aliphatic carbocycles. The molecule has 0 N–H and O–H groups in total. The van der Waals surface area contributed by atoms with E-state index in [0.717, 1.165) is 69.6 Å². The van der Waals surface area contributed by atoms with Crippen molar-refractivity contribution in [2.45, 2.75) is 97.5 Å². The van der Waals surface area contributed by atoms with Crippen LogP contribution in [0, 0.1) is 11.6 Å². The van der Waals surface area contributed by atoms with Crippen LogP contribution in [0.3, 0.4) is 0 Å². The third-order valence-electron chi connectivity index (χ3n) is 7.37. The topological polar surface area (TPSA) is 88.1 Å². The predicted molar refractivity (Wildman–Crippen MR) is 172 cm³/mol. The van der Waals surface area contributed by atoms with Gasteiger partial charge in [0.15, 0.2) is 23.1 Å². The van der Waals surface area contributed by atoms with Crippen LogP contribution >= 0.6 is 0 Å². The molecule has 0 aromatic heterocycles. The SMILES string of the molecule is CCCCCCCCOc1ccc(C(=O)Oc2ccc(C(=O)Oc3ccc(C(=O)O[C@H](C)CCCCCC)cc3)cc2F)cc1F. The van der Waals surface area contributed by atoms with E-state index in [0.29, 0.717) is 12.2 Å². The molecule has 46 heavy (non-hydrogen) atoms. The van der Waals surface area contributed by atoms with E-state index in [1.54, 1.807) is 0 Å². The zero-order valence-electron chi connectivity index (χ0n) is 26.9. The number of esters is 3. The van der Waals surface area contributed by atoms with Crippen molar-refractivity contribution in [1.82, 2.24) is 0 Å². The molecule has 3 rings (SSSR count). The van der Waals surface area contributed by atoms with Crippen molar-refractivity contribution in [1.29, 1.82) is 0 Å². The fourth-order valence-corrected chi connectivity index (χ4v) is 4.67. The van der Waals surface area contributed by atoms with E-state index in [-0.39, 0.29) is 28.7 Å². The Balaban J connectivity index is 1.49. The standard InChI is InChI=1S/C37H44F2O7/c1-4-6-8-10-11-13-23-43-33-21-17-29(24-31(33)38)37(42)46-34-22-18-28(25-32(34)39)36(41)45-30-19-15-27(16-20-30)35(40)44-26(3)14-12-9-7-5-2/h15-22,24-26H,4-14,23H2,1-3H3/t26-/m1/s1. The summed E-state index contributed by atoms with van der Waals surface area (Å²) in [6.45, 7) is 6.51. The number of ether oxygens (including phenoxy) is 4. The quantitative estimate of drug-likeness (QED) is 0.0734. The van der Waals surface area contributed by atoms with E-state index in [1.807, 2.05) is 6.92 Å². The molecule has 0 saturated heterocycles. The van der Waals surface area contributed by atoms with Crippen molar-refractivity contribution in [3.05, 3.63) is 89.0 Å². The van der Waals surface area contributed by atoms with Crippen molar-refractivity contribution in [2.75, 3.05) is 6.61 Å². The predicted octanol–water partition coefficient (Wildman–Crippen LogP) is 9.66. The highest BCUT2D eigenvalue weighted by molar-refractivity contribution is 5.93. The van der Waals surface area contributed by atoms with Crippen molar-refractivity contribution in [2.24, 2.45) is 0 Å². The van der Waals surface area contributed by atoms with E-state index in [1.165, 1.54) is 61.7 Å². The van der Waals surface area contributed by atoms with E-state index < -0.39 is 35.3 Å². The first-order valence-corrected chi connectivity index (χ1v) is 16.2. The van der Waals surface area contributed by atoms with Crippen LogP contribution in [0.15, 0.2) is 60.7 Å². The monoisotopic (exact) mass is 638 g/mol. The summed E-state index contributed by atoms with van der Waals surface area (Å²) in [5.74, 6) is -4.27. The summed E-state index contributed by atoms with van der Waals surface area (Å²) in [6, 6.07) is 12.7. The van der Waals surface area contributed by atoms with Gasteiger partial charge < -0.3 is 18.9 Å². The summed E-state index contributed by atoms with van der Waals surface area (Å²) in [7, 11) is 0. The Morgan fingerprint density at radius 3 is 1.74 bits per heavy atom. The molecule has 9 heteroatoms. The Hall–Kier alpha value is -4.27. The Bertz CT molecular complexity index is 1420. The van der Waals surface area contributed by atoms with Crippen molar-refractivity contribution in [3.8, 4) is 17.2 Å². The van der Waals surface area contributed by atoms with Gasteiger partial charge in [-0.15, -0.1) is 0 Å². The summed E-state index contributed by atoms with van der Waals surface area (Å²) in [5, 5.41) is 0. The summed E-state index contributed by atoms with van der Waals surface area (Å²) < 4.78 is 50.7. The van der Waals surface area contributed by atoms with Gasteiger partial charge in [-0.25, -0.2) is 23.2 Å². The van der Waals surface area contributed by atoms with Gasteiger partial charge in [0.1, 0.15) is 5.75 Å². The normalized spacial score (nSPS) is 11.5. The molecule has 0 aliphatic rings. The van der Waals surface area contributed by atoms with E-state index in [2.05, 4.69) is 13.8 Å². The fourth-order valence-electron chi connectivity index (χ4n) is 4.67. The average Bonchev–Trinajstić information content (AvgIpc) is 3.04. The number of carbonyl (C=O) groups excluding carboxylic acids is 3. The maximum absolute atomic E-state index is 14.8. The van der Waals surface area contributed by atoms with E-state index in [4.69, 9.17) is 18.9 Å². The smallest absolute Gasteiger partial charge is 0.343 e. The molecule has 3 aromatic rings. The highest BCUT2D eigenvalue weighted by atomic mass is 19.1. The van der Waals surface area contributed by atoms with Crippen LogP contribution in [0.5, 0.6) is 17.2 Å². The molecule has 0 unspecified atom stereocenters. The number of benzene rings is 3. The molecule has 0 radical (unpaired) electrons. The number of carbonyl (C=O) groups is 3. The third-order valence-corrected chi connectivity index (χ3v) is 7.37. The zero-order valence-corrected chi connectivity index (χ0v) is 26.9. The van der Waals surface area contributed by atoms with Gasteiger partial charge in [0, 0.05) is 0 Å². The third kappa shape index (κ3) is 11.9. The van der Waals surface area contributed by atoms with E-state index >= 15 is 0 Å². The van der Waals surface area contributed by atoms with Crippen molar-refractivity contribution < 1.29 is 42.1 Å². The second kappa shape index (κ2) is 19.3. The Labute approximate surface area is 270 Å². The van der Waals surface area contributed by atoms with Crippen molar-refractivity contribution in [3.63, 3.8) is 0 Å². The maximum atomic E-state index is 14.8. The molecule has 0 saturated carbocycles. The minimum atomic E-state index is -0.982. The largest absolute Gasteiger partial charge is 0.491 e. The molecular formula is C37H44F2O7. The Morgan fingerprint density at radius 2 is 1.13 bits per heavy atom. The second-order valence-electron chi connectivity index (χ2n) is 11.3. The summed E-state index contributed by atoms with van der Waals surface area (Å²) in [6.07, 6.45) is 11.4. The molecule has 0 bridgehead atoms. The molecule has 0 spiro atoms. The summed E-state index contributed by atoms with van der Waals surface area (Å²) in [4.78, 5) is 37.6. The molecule has 0 amide bonds. The van der Waals surface area contributed by atoms with E-state index in [9.17, 15) is 23.2 Å². The maximum Gasteiger partial charge on any atom is 0.343 e. The van der Waals surface area contributed by atoms with Crippen LogP contribution in [-0.2, 0) is 4.74 Å². The van der Waals surface area contributed by atoms with Crippen molar-refractivity contribution >= 4 is 17.9 Å². The van der Waals surface area contributed by atoms with Gasteiger partial charge in [-0.2, -0.15) is 0 Å². The highest BCUT2D eigenvalue weighted by Crippen LogP contribution is 2.24. The molecule has 0 aliphatic heterocycles. The first kappa shape index (κ1) is 36.2. The molecular weight excluding hydrogens is 594 g/mol. The van der Waals surface area contributed by atoms with Gasteiger partial charge in [0.2, 0.25) is 0 Å². The number of hydrogen-bond donors (Lipinski definition) is 0. The molecule has 3 aromatic carbocycles. The number of rotatable bonds is 19. The van der Waals surface area contributed by atoms with Gasteiger partial charge in [0.05, 0.1) is 29.4 Å². The highest BCUT2D eigenvalue weighted by Gasteiger charge is 2.18. The van der Waals surface area contributed by atoms with Gasteiger partial charge in [0.25, 0.3) is 0 Å².